The number of esters is 1. The standard InChI is InChI=1S/C25H37N3O7/c1-16(2)21(30)10-12-34-13-11-22(31)28-24(17(3)4)25(33)26-14-23(32)27-20-8-6-19(7-9-20)15-35-18(5)29/h6-9,16-17,24H,10-15H2,1-5H3,(H,26,33)(H,27,32)(H,28,31). The van der Waals surface area contributed by atoms with E-state index in [9.17, 15) is 24.0 Å². The Hall–Kier alpha value is -3.27. The fraction of sp³-hybridized carbons (Fsp3) is 0.560. The zero-order valence-corrected chi connectivity index (χ0v) is 21.1. The second kappa shape index (κ2) is 15.6. The van der Waals surface area contributed by atoms with Gasteiger partial charge in [0.15, 0.2) is 0 Å². The molecule has 0 heterocycles. The molecule has 1 aromatic carbocycles. The van der Waals surface area contributed by atoms with Crippen molar-refractivity contribution in [3.8, 4) is 0 Å². The van der Waals surface area contributed by atoms with Gasteiger partial charge in [-0.25, -0.2) is 0 Å². The van der Waals surface area contributed by atoms with Crippen molar-refractivity contribution >= 4 is 35.2 Å². The van der Waals surface area contributed by atoms with Gasteiger partial charge in [0.1, 0.15) is 18.4 Å². The molecule has 194 valence electrons. The van der Waals surface area contributed by atoms with E-state index in [1.165, 1.54) is 6.92 Å². The van der Waals surface area contributed by atoms with E-state index in [1.807, 2.05) is 13.8 Å². The second-order valence-electron chi connectivity index (χ2n) is 8.77. The van der Waals surface area contributed by atoms with Gasteiger partial charge in [0.25, 0.3) is 0 Å². The number of hydrogen-bond acceptors (Lipinski definition) is 7. The van der Waals surface area contributed by atoms with Gasteiger partial charge in [-0.3, -0.25) is 24.0 Å². The average molecular weight is 492 g/mol. The van der Waals surface area contributed by atoms with Crippen LogP contribution in [-0.4, -0.2) is 55.3 Å². The molecule has 0 aliphatic heterocycles. The van der Waals surface area contributed by atoms with Crippen molar-refractivity contribution in [2.75, 3.05) is 25.1 Å². The Morgan fingerprint density at radius 2 is 1.51 bits per heavy atom. The van der Waals surface area contributed by atoms with Gasteiger partial charge in [-0.1, -0.05) is 39.8 Å². The van der Waals surface area contributed by atoms with Crippen LogP contribution in [-0.2, 0) is 40.1 Å². The van der Waals surface area contributed by atoms with Crippen molar-refractivity contribution in [1.29, 1.82) is 0 Å². The van der Waals surface area contributed by atoms with Crippen LogP contribution in [0.15, 0.2) is 24.3 Å². The summed E-state index contributed by atoms with van der Waals surface area (Å²) in [5.41, 5.74) is 1.30. The predicted molar refractivity (Wildman–Crippen MR) is 130 cm³/mol. The minimum Gasteiger partial charge on any atom is -0.461 e. The van der Waals surface area contributed by atoms with Crippen molar-refractivity contribution in [2.45, 2.75) is 60.1 Å². The second-order valence-corrected chi connectivity index (χ2v) is 8.77. The number of rotatable bonds is 15. The number of anilines is 1. The number of Topliss-reactive ketones (excluding diaryl/α,β-unsaturated/α-hetero) is 1. The van der Waals surface area contributed by atoms with E-state index in [1.54, 1.807) is 38.1 Å². The van der Waals surface area contributed by atoms with Crippen LogP contribution in [0, 0.1) is 11.8 Å². The van der Waals surface area contributed by atoms with Gasteiger partial charge in [0.05, 0.1) is 19.8 Å². The number of carbonyl (C=O) groups excluding carboxylic acids is 5. The Kier molecular flexibility index (Phi) is 13.3. The largest absolute Gasteiger partial charge is 0.461 e. The molecule has 35 heavy (non-hydrogen) atoms. The molecule has 3 N–H and O–H groups in total. The van der Waals surface area contributed by atoms with Crippen LogP contribution >= 0.6 is 0 Å². The molecule has 0 aliphatic carbocycles. The van der Waals surface area contributed by atoms with E-state index < -0.39 is 17.9 Å². The zero-order valence-electron chi connectivity index (χ0n) is 21.1. The van der Waals surface area contributed by atoms with Gasteiger partial charge >= 0.3 is 5.97 Å². The van der Waals surface area contributed by atoms with Crippen LogP contribution in [0.2, 0.25) is 0 Å². The topological polar surface area (TPSA) is 140 Å². The minimum absolute atomic E-state index is 0.0476. The first-order valence-corrected chi connectivity index (χ1v) is 11.7. The van der Waals surface area contributed by atoms with Crippen LogP contribution in [0.3, 0.4) is 0 Å². The summed E-state index contributed by atoms with van der Waals surface area (Å²) in [5.74, 6) is -1.77. The van der Waals surface area contributed by atoms with Gasteiger partial charge in [0.2, 0.25) is 17.7 Å². The average Bonchev–Trinajstić information content (AvgIpc) is 2.79. The summed E-state index contributed by atoms with van der Waals surface area (Å²) in [5, 5.41) is 7.87. The number of hydrogen-bond donors (Lipinski definition) is 3. The SMILES string of the molecule is CC(=O)OCc1ccc(NC(=O)CNC(=O)C(NC(=O)CCOCCC(=O)C(C)C)C(C)C)cc1. The van der Waals surface area contributed by atoms with Gasteiger partial charge in [0, 0.05) is 31.4 Å². The summed E-state index contributed by atoms with van der Waals surface area (Å²) in [7, 11) is 0. The molecule has 0 saturated carbocycles. The highest BCUT2D eigenvalue weighted by Crippen LogP contribution is 2.10. The van der Waals surface area contributed by atoms with E-state index in [2.05, 4.69) is 16.0 Å². The molecular formula is C25H37N3O7. The molecule has 10 nitrogen and oxygen atoms in total. The molecule has 0 saturated heterocycles. The molecule has 3 amide bonds. The first-order valence-electron chi connectivity index (χ1n) is 11.7. The fourth-order valence-corrected chi connectivity index (χ4v) is 2.86. The fourth-order valence-electron chi connectivity index (χ4n) is 2.86. The quantitative estimate of drug-likeness (QED) is 0.252. The number of benzene rings is 1. The third-order valence-electron chi connectivity index (χ3n) is 4.98. The number of ether oxygens (including phenoxy) is 2. The molecule has 0 spiro atoms. The number of ketones is 1. The maximum atomic E-state index is 12.5. The predicted octanol–water partition coefficient (Wildman–Crippen LogP) is 1.97. The highest BCUT2D eigenvalue weighted by molar-refractivity contribution is 5.96. The Balaban J connectivity index is 2.41. The zero-order chi connectivity index (χ0) is 26.4. The van der Waals surface area contributed by atoms with Crippen molar-refractivity contribution < 1.29 is 33.4 Å². The smallest absolute Gasteiger partial charge is 0.302 e. The molecule has 1 atom stereocenters. The number of nitrogens with one attached hydrogen (secondary N) is 3. The van der Waals surface area contributed by atoms with Crippen molar-refractivity contribution in [3.05, 3.63) is 29.8 Å². The van der Waals surface area contributed by atoms with E-state index in [4.69, 9.17) is 9.47 Å². The lowest BCUT2D eigenvalue weighted by Crippen LogP contribution is -2.51. The highest BCUT2D eigenvalue weighted by atomic mass is 16.5. The molecule has 0 fully saturated rings. The molecule has 1 rings (SSSR count). The van der Waals surface area contributed by atoms with Crippen LogP contribution in [0.25, 0.3) is 0 Å². The summed E-state index contributed by atoms with van der Waals surface area (Å²) in [4.78, 5) is 59.4. The first kappa shape index (κ1) is 29.8. The van der Waals surface area contributed by atoms with Gasteiger partial charge in [-0.05, 0) is 23.6 Å². The van der Waals surface area contributed by atoms with E-state index >= 15 is 0 Å². The van der Waals surface area contributed by atoms with Crippen molar-refractivity contribution in [2.24, 2.45) is 11.8 Å². The Labute approximate surface area is 206 Å². The molecule has 1 unspecified atom stereocenters. The number of carbonyl (C=O) groups is 5. The first-order chi connectivity index (χ1) is 16.5. The molecular weight excluding hydrogens is 454 g/mol. The lowest BCUT2D eigenvalue weighted by Gasteiger charge is -2.21. The lowest BCUT2D eigenvalue weighted by molar-refractivity contribution is -0.142. The van der Waals surface area contributed by atoms with Gasteiger partial charge < -0.3 is 25.4 Å². The van der Waals surface area contributed by atoms with E-state index in [0.29, 0.717) is 12.1 Å². The summed E-state index contributed by atoms with van der Waals surface area (Å²) in [6.07, 6.45) is 0.358. The molecule has 10 heteroatoms. The molecule has 0 aromatic heterocycles. The summed E-state index contributed by atoms with van der Waals surface area (Å²) in [6, 6.07) is 5.95. The number of amides is 3. The van der Waals surface area contributed by atoms with Crippen molar-refractivity contribution in [1.82, 2.24) is 10.6 Å². The van der Waals surface area contributed by atoms with Gasteiger partial charge in [-0.15, -0.1) is 0 Å². The highest BCUT2D eigenvalue weighted by Gasteiger charge is 2.24. The van der Waals surface area contributed by atoms with E-state index in [0.717, 1.165) is 5.56 Å². The maximum Gasteiger partial charge on any atom is 0.302 e. The normalized spacial score (nSPS) is 11.6. The third-order valence-corrected chi connectivity index (χ3v) is 4.98. The molecule has 0 radical (unpaired) electrons. The lowest BCUT2D eigenvalue weighted by atomic mass is 10.0. The van der Waals surface area contributed by atoms with Crippen molar-refractivity contribution in [3.63, 3.8) is 0 Å². The molecule has 0 aliphatic rings. The van der Waals surface area contributed by atoms with Crippen LogP contribution in [0.5, 0.6) is 0 Å². The molecule has 1 aromatic rings. The Bertz CT molecular complexity index is 866. The van der Waals surface area contributed by atoms with Crippen LogP contribution in [0.1, 0.15) is 53.0 Å². The minimum atomic E-state index is -0.807. The van der Waals surface area contributed by atoms with Gasteiger partial charge in [-0.2, -0.15) is 0 Å². The Morgan fingerprint density at radius 3 is 2.09 bits per heavy atom. The summed E-state index contributed by atoms with van der Waals surface area (Å²) >= 11 is 0. The monoisotopic (exact) mass is 491 g/mol. The maximum absolute atomic E-state index is 12.5. The van der Waals surface area contributed by atoms with Crippen LogP contribution in [0.4, 0.5) is 5.69 Å². The van der Waals surface area contributed by atoms with Crippen LogP contribution < -0.4 is 16.0 Å². The van der Waals surface area contributed by atoms with E-state index in [-0.39, 0.29) is 62.3 Å². The Morgan fingerprint density at radius 1 is 0.886 bits per heavy atom. The summed E-state index contributed by atoms with van der Waals surface area (Å²) < 4.78 is 10.2. The summed E-state index contributed by atoms with van der Waals surface area (Å²) in [6.45, 7) is 8.82. The third kappa shape index (κ3) is 12.7. The molecule has 0 bridgehead atoms.